The minimum absolute atomic E-state index is 0.0260. The lowest BCUT2D eigenvalue weighted by Crippen LogP contribution is -2.28. The van der Waals surface area contributed by atoms with Gasteiger partial charge in [0.15, 0.2) is 0 Å². The van der Waals surface area contributed by atoms with Crippen molar-refractivity contribution in [1.29, 1.82) is 0 Å². The molecule has 4 aromatic rings. The van der Waals surface area contributed by atoms with E-state index in [9.17, 15) is 19.3 Å². The van der Waals surface area contributed by atoms with Crippen molar-refractivity contribution in [2.24, 2.45) is 0 Å². The Balaban J connectivity index is 1.56. The van der Waals surface area contributed by atoms with E-state index in [-0.39, 0.29) is 17.4 Å². The van der Waals surface area contributed by atoms with Crippen molar-refractivity contribution in [2.75, 3.05) is 0 Å². The molecule has 9 heteroatoms. The maximum absolute atomic E-state index is 13.3. The number of carbonyl (C=O) groups excluding carboxylic acids is 1. The van der Waals surface area contributed by atoms with Crippen LogP contribution >= 0.6 is 11.3 Å². The molecule has 30 heavy (non-hydrogen) atoms. The molecule has 4 rings (SSSR count). The predicted octanol–water partition coefficient (Wildman–Crippen LogP) is 4.50. The fourth-order valence-electron chi connectivity index (χ4n) is 2.95. The molecule has 0 aliphatic carbocycles. The third-order valence-electron chi connectivity index (χ3n) is 4.48. The van der Waals surface area contributed by atoms with Crippen LogP contribution in [0.25, 0.3) is 5.69 Å². The van der Waals surface area contributed by atoms with Crippen molar-refractivity contribution in [3.05, 3.63) is 110 Å². The molecule has 1 atom stereocenters. The standard InChI is InChI=1S/C21H15FN4O3S/c22-16-5-3-14(4-6-16)20(19-2-1-11-30-19)24-21(27)15-12-23-25(13-15)17-7-9-18(10-8-17)26(28)29/h1-13,20H,(H,24,27). The summed E-state index contributed by atoms with van der Waals surface area (Å²) in [4.78, 5) is 24.1. The Bertz CT molecular complexity index is 1170. The highest BCUT2D eigenvalue weighted by Gasteiger charge is 2.20. The molecule has 2 aromatic heterocycles. The van der Waals surface area contributed by atoms with E-state index < -0.39 is 11.0 Å². The van der Waals surface area contributed by atoms with Gasteiger partial charge in [-0.05, 0) is 41.3 Å². The fraction of sp³-hybridized carbons (Fsp3) is 0.0476. The average Bonchev–Trinajstić information content (AvgIpc) is 3.45. The number of non-ortho nitro benzene ring substituents is 1. The molecule has 0 fully saturated rings. The van der Waals surface area contributed by atoms with E-state index in [1.165, 1.54) is 46.5 Å². The minimum atomic E-state index is -0.480. The predicted molar refractivity (Wildman–Crippen MR) is 110 cm³/mol. The number of nitro groups is 1. The van der Waals surface area contributed by atoms with Gasteiger partial charge in [-0.15, -0.1) is 11.3 Å². The Morgan fingerprint density at radius 1 is 1.13 bits per heavy atom. The van der Waals surface area contributed by atoms with Gasteiger partial charge in [-0.2, -0.15) is 5.10 Å². The summed E-state index contributed by atoms with van der Waals surface area (Å²) in [6, 6.07) is 15.2. The summed E-state index contributed by atoms with van der Waals surface area (Å²) >= 11 is 1.49. The molecule has 150 valence electrons. The Morgan fingerprint density at radius 2 is 1.87 bits per heavy atom. The lowest BCUT2D eigenvalue weighted by molar-refractivity contribution is -0.384. The van der Waals surface area contributed by atoms with Gasteiger partial charge in [0.2, 0.25) is 0 Å². The topological polar surface area (TPSA) is 90.1 Å². The van der Waals surface area contributed by atoms with Crippen LogP contribution in [0.15, 0.2) is 78.4 Å². The van der Waals surface area contributed by atoms with Gasteiger partial charge < -0.3 is 5.32 Å². The maximum Gasteiger partial charge on any atom is 0.269 e. The fourth-order valence-corrected chi connectivity index (χ4v) is 3.75. The first-order valence-corrected chi connectivity index (χ1v) is 9.78. The summed E-state index contributed by atoms with van der Waals surface area (Å²) in [5, 5.41) is 19.8. The van der Waals surface area contributed by atoms with Gasteiger partial charge in [0, 0.05) is 23.2 Å². The second-order valence-corrected chi connectivity index (χ2v) is 7.40. The highest BCUT2D eigenvalue weighted by Crippen LogP contribution is 2.27. The van der Waals surface area contributed by atoms with E-state index in [0.29, 0.717) is 11.3 Å². The monoisotopic (exact) mass is 422 g/mol. The first-order chi connectivity index (χ1) is 14.5. The molecule has 0 spiro atoms. The SMILES string of the molecule is O=C(NC(c1ccc(F)cc1)c1cccs1)c1cnn(-c2ccc([N+](=O)[O-])cc2)c1. The van der Waals surface area contributed by atoms with Crippen molar-refractivity contribution in [2.45, 2.75) is 6.04 Å². The van der Waals surface area contributed by atoms with Crippen LogP contribution in [-0.2, 0) is 0 Å². The summed E-state index contributed by atoms with van der Waals surface area (Å²) in [6.07, 6.45) is 2.97. The van der Waals surface area contributed by atoms with Crippen molar-refractivity contribution in [3.63, 3.8) is 0 Å². The zero-order valence-corrected chi connectivity index (χ0v) is 16.3. The number of carbonyl (C=O) groups is 1. The number of nitrogens with zero attached hydrogens (tertiary/aromatic N) is 3. The zero-order valence-electron chi connectivity index (χ0n) is 15.4. The number of hydrogen-bond acceptors (Lipinski definition) is 5. The molecular formula is C21H15FN4O3S. The molecule has 1 N–H and O–H groups in total. The van der Waals surface area contributed by atoms with E-state index in [1.807, 2.05) is 17.5 Å². The van der Waals surface area contributed by atoms with E-state index in [4.69, 9.17) is 0 Å². The molecule has 0 aliphatic heterocycles. The molecule has 0 aliphatic rings. The second kappa shape index (κ2) is 8.26. The Hall–Kier alpha value is -3.85. The van der Waals surface area contributed by atoms with Gasteiger partial charge in [0.25, 0.3) is 11.6 Å². The number of nitro benzene ring substituents is 1. The first-order valence-electron chi connectivity index (χ1n) is 8.90. The van der Waals surface area contributed by atoms with Crippen LogP contribution in [0.3, 0.4) is 0 Å². The number of hydrogen-bond donors (Lipinski definition) is 1. The summed E-state index contributed by atoms with van der Waals surface area (Å²) in [5.41, 5.74) is 1.65. The number of thiophene rings is 1. The maximum atomic E-state index is 13.3. The van der Waals surface area contributed by atoms with Crippen molar-refractivity contribution < 1.29 is 14.1 Å². The minimum Gasteiger partial charge on any atom is -0.340 e. The third-order valence-corrected chi connectivity index (χ3v) is 5.41. The van der Waals surface area contributed by atoms with E-state index in [0.717, 1.165) is 10.4 Å². The normalized spacial score (nSPS) is 11.8. The lowest BCUT2D eigenvalue weighted by atomic mass is 10.0. The number of rotatable bonds is 6. The Morgan fingerprint density at radius 3 is 2.50 bits per heavy atom. The van der Waals surface area contributed by atoms with Crippen LogP contribution in [0.1, 0.15) is 26.8 Å². The lowest BCUT2D eigenvalue weighted by Gasteiger charge is -2.17. The van der Waals surface area contributed by atoms with Crippen LogP contribution in [0.4, 0.5) is 10.1 Å². The number of aromatic nitrogens is 2. The van der Waals surface area contributed by atoms with Crippen LogP contribution in [-0.4, -0.2) is 20.6 Å². The molecule has 0 radical (unpaired) electrons. The zero-order chi connectivity index (χ0) is 21.1. The molecule has 0 saturated heterocycles. The highest BCUT2D eigenvalue weighted by molar-refractivity contribution is 7.10. The molecule has 2 heterocycles. The van der Waals surface area contributed by atoms with Crippen LogP contribution in [0.2, 0.25) is 0 Å². The Kier molecular flexibility index (Phi) is 5.36. The molecule has 1 amide bonds. The van der Waals surface area contributed by atoms with E-state index in [2.05, 4.69) is 10.4 Å². The quantitative estimate of drug-likeness (QED) is 0.366. The molecular weight excluding hydrogens is 407 g/mol. The van der Waals surface area contributed by atoms with E-state index in [1.54, 1.807) is 30.5 Å². The van der Waals surface area contributed by atoms with Crippen LogP contribution in [0.5, 0.6) is 0 Å². The first kappa shape index (κ1) is 19.5. The van der Waals surface area contributed by atoms with Gasteiger partial charge in [-0.3, -0.25) is 14.9 Å². The van der Waals surface area contributed by atoms with Crippen LogP contribution in [0, 0.1) is 15.9 Å². The molecule has 2 aromatic carbocycles. The van der Waals surface area contributed by atoms with Gasteiger partial charge in [0.05, 0.1) is 28.4 Å². The van der Waals surface area contributed by atoms with Gasteiger partial charge >= 0.3 is 0 Å². The summed E-state index contributed by atoms with van der Waals surface area (Å²) in [5.74, 6) is -0.690. The second-order valence-electron chi connectivity index (χ2n) is 6.42. The third kappa shape index (κ3) is 4.11. The highest BCUT2D eigenvalue weighted by atomic mass is 32.1. The van der Waals surface area contributed by atoms with Crippen molar-refractivity contribution in [3.8, 4) is 5.69 Å². The van der Waals surface area contributed by atoms with Crippen molar-refractivity contribution in [1.82, 2.24) is 15.1 Å². The summed E-state index contributed by atoms with van der Waals surface area (Å²) in [6.45, 7) is 0. The van der Waals surface area contributed by atoms with Crippen molar-refractivity contribution >= 4 is 22.9 Å². The molecule has 0 bridgehead atoms. The number of amides is 1. The Labute approximate surface area is 174 Å². The number of nitrogens with one attached hydrogen (secondary N) is 1. The average molecular weight is 422 g/mol. The van der Waals surface area contributed by atoms with E-state index >= 15 is 0 Å². The van der Waals surface area contributed by atoms with Crippen LogP contribution < -0.4 is 5.32 Å². The molecule has 7 nitrogen and oxygen atoms in total. The number of benzene rings is 2. The molecule has 1 unspecified atom stereocenters. The molecule has 0 saturated carbocycles. The summed E-state index contributed by atoms with van der Waals surface area (Å²) in [7, 11) is 0. The largest absolute Gasteiger partial charge is 0.340 e. The van der Waals surface area contributed by atoms with Gasteiger partial charge in [-0.1, -0.05) is 18.2 Å². The smallest absolute Gasteiger partial charge is 0.269 e. The van der Waals surface area contributed by atoms with Gasteiger partial charge in [0.1, 0.15) is 5.82 Å². The number of halogens is 1. The van der Waals surface area contributed by atoms with Gasteiger partial charge in [-0.25, -0.2) is 9.07 Å². The summed E-state index contributed by atoms with van der Waals surface area (Å²) < 4.78 is 14.8.